The summed E-state index contributed by atoms with van der Waals surface area (Å²) in [5.41, 5.74) is 2.17. The first kappa shape index (κ1) is 17.7. The van der Waals surface area contributed by atoms with Gasteiger partial charge in [-0.3, -0.25) is 14.4 Å². The number of hydrogen-bond donors (Lipinski definition) is 0. The fourth-order valence-electron chi connectivity index (χ4n) is 4.27. The summed E-state index contributed by atoms with van der Waals surface area (Å²) in [6.07, 6.45) is 5.08. The van der Waals surface area contributed by atoms with E-state index in [1.807, 2.05) is 14.0 Å². The molecule has 0 aliphatic carbocycles. The molecule has 0 bridgehead atoms. The van der Waals surface area contributed by atoms with Crippen molar-refractivity contribution in [2.75, 3.05) is 19.6 Å². The van der Waals surface area contributed by atoms with E-state index in [0.29, 0.717) is 24.3 Å². The number of nitrogens with zero attached hydrogens (tertiary/aromatic N) is 4. The number of aromatic nitrogens is 2. The van der Waals surface area contributed by atoms with Gasteiger partial charge < -0.3 is 4.90 Å². The van der Waals surface area contributed by atoms with E-state index in [4.69, 9.17) is 11.6 Å². The summed E-state index contributed by atoms with van der Waals surface area (Å²) in [6, 6.07) is 0.444. The molecular weight excluding hydrogens is 324 g/mol. The molecule has 2 atom stereocenters. The molecule has 6 heteroatoms. The number of amides is 1. The van der Waals surface area contributed by atoms with Crippen LogP contribution in [-0.4, -0.2) is 51.2 Å². The average Bonchev–Trinajstić information content (AvgIpc) is 2.80. The van der Waals surface area contributed by atoms with Gasteiger partial charge in [0, 0.05) is 51.3 Å². The second-order valence-electron chi connectivity index (χ2n) is 7.31. The average molecular weight is 353 g/mol. The highest BCUT2D eigenvalue weighted by atomic mass is 35.5. The van der Waals surface area contributed by atoms with Crippen LogP contribution in [0.15, 0.2) is 0 Å². The van der Waals surface area contributed by atoms with Gasteiger partial charge in [0.2, 0.25) is 5.91 Å². The maximum Gasteiger partial charge on any atom is 0.222 e. The van der Waals surface area contributed by atoms with Gasteiger partial charge in [0.25, 0.3) is 0 Å². The molecule has 5 nitrogen and oxygen atoms in total. The van der Waals surface area contributed by atoms with E-state index in [1.165, 1.54) is 0 Å². The minimum Gasteiger partial charge on any atom is -0.339 e. The number of aryl methyl sites for hydroxylation is 2. The molecule has 1 aromatic rings. The second kappa shape index (κ2) is 7.44. The number of unbranched alkanes of at least 4 members (excludes halogenated alkanes) is 1. The number of hydrogen-bond acceptors (Lipinski definition) is 3. The Morgan fingerprint density at radius 3 is 2.79 bits per heavy atom. The van der Waals surface area contributed by atoms with Crippen LogP contribution in [0.3, 0.4) is 0 Å². The molecule has 2 saturated heterocycles. The van der Waals surface area contributed by atoms with Crippen LogP contribution in [0.1, 0.15) is 50.3 Å². The van der Waals surface area contributed by atoms with Crippen molar-refractivity contribution in [3.63, 3.8) is 0 Å². The predicted molar refractivity (Wildman–Crippen MR) is 96.0 cm³/mol. The van der Waals surface area contributed by atoms with Crippen molar-refractivity contribution in [3.05, 3.63) is 16.4 Å². The molecule has 3 heterocycles. The zero-order valence-electron chi connectivity index (χ0n) is 15.1. The SMILES string of the molecule is CCCCN1C(=O)CC[C@H]2CN(Cc3c(C)nn(C)c3Cl)CC[C@H]21. The molecule has 0 spiro atoms. The van der Waals surface area contributed by atoms with Gasteiger partial charge in [0.15, 0.2) is 0 Å². The molecular formula is C18H29ClN4O. The Bertz CT molecular complexity index is 600. The van der Waals surface area contributed by atoms with Crippen LogP contribution in [-0.2, 0) is 18.4 Å². The number of carbonyl (C=O) groups excluding carboxylic acids is 1. The van der Waals surface area contributed by atoms with Crippen LogP contribution in [0.4, 0.5) is 0 Å². The molecule has 0 saturated carbocycles. The van der Waals surface area contributed by atoms with Gasteiger partial charge in [0.05, 0.1) is 5.69 Å². The van der Waals surface area contributed by atoms with Crippen LogP contribution in [0.5, 0.6) is 0 Å². The van der Waals surface area contributed by atoms with E-state index in [0.717, 1.165) is 68.3 Å². The Balaban J connectivity index is 1.65. The van der Waals surface area contributed by atoms with Crippen molar-refractivity contribution in [2.45, 2.75) is 58.5 Å². The number of fused-ring (bicyclic) bond motifs is 1. The maximum absolute atomic E-state index is 12.3. The minimum atomic E-state index is 0.365. The van der Waals surface area contributed by atoms with Crippen molar-refractivity contribution < 1.29 is 4.79 Å². The van der Waals surface area contributed by atoms with Crippen molar-refractivity contribution >= 4 is 17.5 Å². The van der Waals surface area contributed by atoms with Crippen LogP contribution in [0.2, 0.25) is 5.15 Å². The molecule has 134 valence electrons. The van der Waals surface area contributed by atoms with Crippen LogP contribution >= 0.6 is 11.6 Å². The lowest BCUT2D eigenvalue weighted by Gasteiger charge is -2.47. The van der Waals surface area contributed by atoms with Crippen LogP contribution < -0.4 is 0 Å². The smallest absolute Gasteiger partial charge is 0.222 e. The van der Waals surface area contributed by atoms with Crippen molar-refractivity contribution in [1.29, 1.82) is 0 Å². The van der Waals surface area contributed by atoms with E-state index in [2.05, 4.69) is 21.8 Å². The number of piperidine rings is 2. The van der Waals surface area contributed by atoms with E-state index < -0.39 is 0 Å². The Hall–Kier alpha value is -1.07. The molecule has 3 rings (SSSR count). The first-order valence-electron chi connectivity index (χ1n) is 9.21. The zero-order chi connectivity index (χ0) is 17.3. The first-order chi connectivity index (χ1) is 11.5. The maximum atomic E-state index is 12.3. The zero-order valence-corrected chi connectivity index (χ0v) is 15.8. The monoisotopic (exact) mass is 352 g/mol. The summed E-state index contributed by atoms with van der Waals surface area (Å²) in [4.78, 5) is 17.0. The molecule has 1 amide bonds. The van der Waals surface area contributed by atoms with E-state index in [-0.39, 0.29) is 0 Å². The summed E-state index contributed by atoms with van der Waals surface area (Å²) in [5.74, 6) is 0.966. The van der Waals surface area contributed by atoms with Crippen molar-refractivity contribution in [2.24, 2.45) is 13.0 Å². The summed E-state index contributed by atoms with van der Waals surface area (Å²) >= 11 is 6.39. The lowest BCUT2D eigenvalue weighted by Crippen LogP contribution is -2.55. The highest BCUT2D eigenvalue weighted by Crippen LogP contribution is 2.33. The van der Waals surface area contributed by atoms with E-state index >= 15 is 0 Å². The number of halogens is 1. The number of likely N-dealkylation sites (tertiary alicyclic amines) is 2. The topological polar surface area (TPSA) is 41.4 Å². The van der Waals surface area contributed by atoms with Gasteiger partial charge in [-0.2, -0.15) is 5.10 Å². The quantitative estimate of drug-likeness (QED) is 0.818. The van der Waals surface area contributed by atoms with Gasteiger partial charge in [0.1, 0.15) is 5.15 Å². The second-order valence-corrected chi connectivity index (χ2v) is 7.67. The number of carbonyl (C=O) groups is 1. The Labute approximate surface area is 149 Å². The van der Waals surface area contributed by atoms with Crippen LogP contribution in [0.25, 0.3) is 0 Å². The fourth-order valence-corrected chi connectivity index (χ4v) is 4.50. The summed E-state index contributed by atoms with van der Waals surface area (Å²) in [6.45, 7) is 8.11. The van der Waals surface area contributed by atoms with Gasteiger partial charge in [-0.15, -0.1) is 0 Å². The molecule has 0 unspecified atom stereocenters. The first-order valence-corrected chi connectivity index (χ1v) is 9.58. The summed E-state index contributed by atoms with van der Waals surface area (Å²) in [5, 5.41) is 5.17. The van der Waals surface area contributed by atoms with E-state index in [1.54, 1.807) is 4.68 Å². The third-order valence-electron chi connectivity index (χ3n) is 5.63. The largest absolute Gasteiger partial charge is 0.339 e. The lowest BCUT2D eigenvalue weighted by molar-refractivity contribution is -0.141. The molecule has 24 heavy (non-hydrogen) atoms. The number of rotatable bonds is 5. The normalized spacial score (nSPS) is 25.2. The molecule has 2 aliphatic heterocycles. The van der Waals surface area contributed by atoms with Gasteiger partial charge in [-0.25, -0.2) is 0 Å². The van der Waals surface area contributed by atoms with Crippen molar-refractivity contribution in [1.82, 2.24) is 19.6 Å². The lowest BCUT2D eigenvalue weighted by atomic mass is 9.83. The Morgan fingerprint density at radius 2 is 2.12 bits per heavy atom. The molecule has 2 aliphatic rings. The molecule has 0 N–H and O–H groups in total. The summed E-state index contributed by atoms with van der Waals surface area (Å²) in [7, 11) is 1.89. The third-order valence-corrected chi connectivity index (χ3v) is 6.10. The van der Waals surface area contributed by atoms with E-state index in [9.17, 15) is 4.79 Å². The fraction of sp³-hybridized carbons (Fsp3) is 0.778. The Kier molecular flexibility index (Phi) is 5.50. The molecule has 1 aromatic heterocycles. The third kappa shape index (κ3) is 3.47. The van der Waals surface area contributed by atoms with Crippen LogP contribution in [0, 0.1) is 12.8 Å². The molecule has 2 fully saturated rings. The van der Waals surface area contributed by atoms with Crippen molar-refractivity contribution in [3.8, 4) is 0 Å². The standard InChI is InChI=1S/C18H29ClN4O/c1-4-5-9-23-16-8-10-22(11-14(16)6-7-17(23)24)12-15-13(2)20-21(3)18(15)19/h14,16H,4-12H2,1-3H3/t14-,16+/m0/s1. The van der Waals surface area contributed by atoms with Gasteiger partial charge in [-0.1, -0.05) is 24.9 Å². The Morgan fingerprint density at radius 1 is 1.33 bits per heavy atom. The summed E-state index contributed by atoms with van der Waals surface area (Å²) < 4.78 is 1.75. The molecule has 0 radical (unpaired) electrons. The highest BCUT2D eigenvalue weighted by molar-refractivity contribution is 6.30. The highest BCUT2D eigenvalue weighted by Gasteiger charge is 2.39. The van der Waals surface area contributed by atoms with Gasteiger partial charge >= 0.3 is 0 Å². The molecule has 0 aromatic carbocycles. The predicted octanol–water partition coefficient (Wildman–Crippen LogP) is 2.99. The minimum absolute atomic E-state index is 0.365. The van der Waals surface area contributed by atoms with Gasteiger partial charge in [-0.05, 0) is 32.1 Å².